The Bertz CT molecular complexity index is 1120. The summed E-state index contributed by atoms with van der Waals surface area (Å²) in [6.07, 6.45) is 2.19. The molecule has 1 aliphatic heterocycles. The number of anilines is 2. The van der Waals surface area contributed by atoms with Crippen molar-refractivity contribution in [2.75, 3.05) is 30.5 Å². The molecule has 1 heterocycles. The van der Waals surface area contributed by atoms with Gasteiger partial charge in [-0.2, -0.15) is 0 Å². The van der Waals surface area contributed by atoms with Crippen LogP contribution < -0.4 is 15.0 Å². The van der Waals surface area contributed by atoms with Crippen LogP contribution in [0, 0.1) is 0 Å². The molecule has 0 aromatic heterocycles. The molecule has 0 bridgehead atoms. The fourth-order valence-corrected chi connectivity index (χ4v) is 3.65. The van der Waals surface area contributed by atoms with Crippen molar-refractivity contribution in [1.29, 1.82) is 0 Å². The van der Waals surface area contributed by atoms with Crippen LogP contribution >= 0.6 is 0 Å². The summed E-state index contributed by atoms with van der Waals surface area (Å²) < 4.78 is 21.6. The van der Waals surface area contributed by atoms with E-state index in [0.717, 1.165) is 11.1 Å². The van der Waals surface area contributed by atoms with Crippen LogP contribution in [0.2, 0.25) is 0 Å². The maximum absolute atomic E-state index is 13.0. The fourth-order valence-electron chi connectivity index (χ4n) is 3.65. The summed E-state index contributed by atoms with van der Waals surface area (Å²) in [5.74, 6) is -0.729. The molecule has 9 heteroatoms. The maximum atomic E-state index is 13.0. The second-order valence-corrected chi connectivity index (χ2v) is 9.27. The fraction of sp³-hybridized carbons (Fsp3) is 0.370. The Balaban J connectivity index is 1.99. The number of hydrogen-bond donors (Lipinski definition) is 1. The lowest BCUT2D eigenvalue weighted by Gasteiger charge is -2.25. The minimum atomic E-state index is -0.683. The maximum Gasteiger partial charge on any atom is 0.414 e. The number of hydrogen-bond acceptors (Lipinski definition) is 8. The number of nitrogens with zero attached hydrogens (tertiary/aromatic N) is 1. The van der Waals surface area contributed by atoms with Gasteiger partial charge in [0.15, 0.2) is 0 Å². The molecule has 0 saturated heterocycles. The molecule has 0 aliphatic carbocycles. The predicted molar refractivity (Wildman–Crippen MR) is 135 cm³/mol. The van der Waals surface area contributed by atoms with E-state index < -0.39 is 23.6 Å². The van der Waals surface area contributed by atoms with Gasteiger partial charge in [0.25, 0.3) is 0 Å². The summed E-state index contributed by atoms with van der Waals surface area (Å²) >= 11 is 0. The SMILES string of the molecule is COC(=O)/C=C/Nc1cc2c(cc1OCc1ccccc1)N(C(=O)OC(C)(C)C)C[C@H]2COC(C)=O. The number of methoxy groups -OCH3 is 1. The monoisotopic (exact) mass is 496 g/mol. The van der Waals surface area contributed by atoms with E-state index in [1.807, 2.05) is 36.4 Å². The quantitative estimate of drug-likeness (QED) is 0.317. The summed E-state index contributed by atoms with van der Waals surface area (Å²) in [6.45, 7) is 7.40. The number of rotatable bonds is 8. The van der Waals surface area contributed by atoms with E-state index in [2.05, 4.69) is 10.1 Å². The van der Waals surface area contributed by atoms with Crippen molar-refractivity contribution in [2.45, 2.75) is 45.8 Å². The van der Waals surface area contributed by atoms with Gasteiger partial charge in [0, 0.05) is 37.7 Å². The second-order valence-electron chi connectivity index (χ2n) is 9.27. The van der Waals surface area contributed by atoms with Gasteiger partial charge in [0.1, 0.15) is 18.0 Å². The first-order valence-electron chi connectivity index (χ1n) is 11.6. The Morgan fingerprint density at radius 2 is 1.86 bits per heavy atom. The van der Waals surface area contributed by atoms with Crippen LogP contribution in [0.15, 0.2) is 54.7 Å². The molecular weight excluding hydrogens is 464 g/mol. The molecule has 2 aromatic carbocycles. The topological polar surface area (TPSA) is 103 Å². The number of benzene rings is 2. The Labute approximate surface area is 211 Å². The minimum absolute atomic E-state index is 0.100. The van der Waals surface area contributed by atoms with Crippen LogP contribution in [0.3, 0.4) is 0 Å². The van der Waals surface area contributed by atoms with E-state index in [0.29, 0.717) is 23.7 Å². The van der Waals surface area contributed by atoms with Gasteiger partial charge in [-0.25, -0.2) is 9.59 Å². The predicted octanol–water partition coefficient (Wildman–Crippen LogP) is 4.77. The van der Waals surface area contributed by atoms with Gasteiger partial charge in [0.05, 0.1) is 25.1 Å². The van der Waals surface area contributed by atoms with E-state index >= 15 is 0 Å². The summed E-state index contributed by atoms with van der Waals surface area (Å²) in [5.41, 5.74) is 2.24. The van der Waals surface area contributed by atoms with Gasteiger partial charge < -0.3 is 24.3 Å². The van der Waals surface area contributed by atoms with Crippen molar-refractivity contribution in [3.8, 4) is 5.75 Å². The number of carbonyl (C=O) groups excluding carboxylic acids is 3. The zero-order valence-corrected chi connectivity index (χ0v) is 21.2. The Hall–Kier alpha value is -4.01. The summed E-state index contributed by atoms with van der Waals surface area (Å²) in [5, 5.41) is 3.06. The molecule has 3 rings (SSSR count). The molecule has 0 radical (unpaired) electrons. The molecule has 9 nitrogen and oxygen atoms in total. The third-order valence-electron chi connectivity index (χ3n) is 5.26. The summed E-state index contributed by atoms with van der Waals surface area (Å²) in [6, 6.07) is 13.2. The number of carbonyl (C=O) groups is 3. The van der Waals surface area contributed by atoms with Crippen LogP contribution in [-0.4, -0.2) is 43.9 Å². The zero-order chi connectivity index (χ0) is 26.3. The smallest absolute Gasteiger partial charge is 0.414 e. The third kappa shape index (κ3) is 7.24. The van der Waals surface area contributed by atoms with E-state index in [1.54, 1.807) is 26.8 Å². The van der Waals surface area contributed by atoms with Crippen LogP contribution in [0.25, 0.3) is 0 Å². The van der Waals surface area contributed by atoms with Crippen LogP contribution in [0.1, 0.15) is 44.7 Å². The number of ether oxygens (including phenoxy) is 4. The highest BCUT2D eigenvalue weighted by molar-refractivity contribution is 5.92. The first-order chi connectivity index (χ1) is 17.1. The van der Waals surface area contributed by atoms with Gasteiger partial charge in [0.2, 0.25) is 0 Å². The lowest BCUT2D eigenvalue weighted by molar-refractivity contribution is -0.141. The second kappa shape index (κ2) is 11.6. The lowest BCUT2D eigenvalue weighted by Crippen LogP contribution is -2.36. The van der Waals surface area contributed by atoms with Crippen molar-refractivity contribution in [3.63, 3.8) is 0 Å². The molecule has 2 aromatic rings. The highest BCUT2D eigenvalue weighted by Gasteiger charge is 2.36. The van der Waals surface area contributed by atoms with Crippen molar-refractivity contribution < 1.29 is 33.3 Å². The van der Waals surface area contributed by atoms with E-state index in [9.17, 15) is 14.4 Å². The molecule has 0 fully saturated rings. The van der Waals surface area contributed by atoms with Gasteiger partial charge in [-0.3, -0.25) is 9.69 Å². The zero-order valence-electron chi connectivity index (χ0n) is 21.2. The van der Waals surface area contributed by atoms with Crippen molar-refractivity contribution in [2.24, 2.45) is 0 Å². The normalized spacial score (nSPS) is 14.8. The van der Waals surface area contributed by atoms with Gasteiger partial charge in [-0.05, 0) is 38.0 Å². The lowest BCUT2D eigenvalue weighted by atomic mass is 10.0. The largest absolute Gasteiger partial charge is 0.487 e. The van der Waals surface area contributed by atoms with E-state index in [-0.39, 0.29) is 19.1 Å². The highest BCUT2D eigenvalue weighted by Crippen LogP contribution is 2.43. The van der Waals surface area contributed by atoms with E-state index in [1.165, 1.54) is 31.2 Å². The molecule has 1 atom stereocenters. The van der Waals surface area contributed by atoms with Crippen LogP contribution in [0.4, 0.5) is 16.2 Å². The Morgan fingerprint density at radius 1 is 1.14 bits per heavy atom. The van der Waals surface area contributed by atoms with Crippen molar-refractivity contribution in [3.05, 3.63) is 65.9 Å². The Kier molecular flexibility index (Phi) is 8.58. The highest BCUT2D eigenvalue weighted by atomic mass is 16.6. The van der Waals surface area contributed by atoms with Gasteiger partial charge >= 0.3 is 18.0 Å². The standard InChI is InChI=1S/C27H32N2O7/c1-18(30)34-17-20-15-29(26(32)36-27(2,3)4)23-14-24(35-16-19-9-7-6-8-10-19)22(13-21(20)23)28-12-11-25(31)33-5/h6-14,20,28H,15-17H2,1-5H3/b12-11+/t20-/m0/s1. The van der Waals surface area contributed by atoms with Crippen LogP contribution in [-0.2, 0) is 30.4 Å². The molecule has 1 amide bonds. The minimum Gasteiger partial charge on any atom is -0.487 e. The van der Waals surface area contributed by atoms with Crippen molar-refractivity contribution >= 4 is 29.4 Å². The first kappa shape index (κ1) is 26.6. The van der Waals surface area contributed by atoms with Gasteiger partial charge in [-0.1, -0.05) is 30.3 Å². The third-order valence-corrected chi connectivity index (χ3v) is 5.26. The number of esters is 2. The Morgan fingerprint density at radius 3 is 2.50 bits per heavy atom. The van der Waals surface area contributed by atoms with Gasteiger partial charge in [-0.15, -0.1) is 0 Å². The first-order valence-corrected chi connectivity index (χ1v) is 11.6. The summed E-state index contributed by atoms with van der Waals surface area (Å²) in [4.78, 5) is 37.6. The number of fused-ring (bicyclic) bond motifs is 1. The molecule has 0 saturated carbocycles. The molecule has 0 spiro atoms. The van der Waals surface area contributed by atoms with Crippen LogP contribution in [0.5, 0.6) is 5.75 Å². The average Bonchev–Trinajstić information content (AvgIpc) is 3.18. The number of nitrogens with one attached hydrogen (secondary N) is 1. The molecule has 1 aliphatic rings. The molecular formula is C27H32N2O7. The molecule has 192 valence electrons. The number of amides is 1. The summed E-state index contributed by atoms with van der Waals surface area (Å²) in [7, 11) is 1.29. The molecule has 1 N–H and O–H groups in total. The van der Waals surface area contributed by atoms with E-state index in [4.69, 9.17) is 14.2 Å². The van der Waals surface area contributed by atoms with Crippen molar-refractivity contribution in [1.82, 2.24) is 0 Å². The molecule has 36 heavy (non-hydrogen) atoms. The average molecular weight is 497 g/mol. The molecule has 0 unspecified atom stereocenters.